The summed E-state index contributed by atoms with van der Waals surface area (Å²) in [7, 11) is 0. The SMILES string of the molecule is C=CC[C@@H](C(N)=O)n1cc(Br)cc(F)c1=O. The standard InChI is InChI=1S/C10H10BrFN2O2/c1-2-3-8(9(13)15)14-5-6(11)4-7(12)10(14)16/h2,4-5,8H,1,3H2,(H2,13,15)/t8-/m0/s1. The quantitative estimate of drug-likeness (QED) is 0.850. The Labute approximate surface area is 99.7 Å². The van der Waals surface area contributed by atoms with Gasteiger partial charge in [0.2, 0.25) is 5.91 Å². The third-order valence-corrected chi connectivity index (χ3v) is 2.45. The van der Waals surface area contributed by atoms with Gasteiger partial charge in [-0.15, -0.1) is 6.58 Å². The van der Waals surface area contributed by atoms with Crippen LogP contribution in [0.4, 0.5) is 4.39 Å². The van der Waals surface area contributed by atoms with E-state index in [1.165, 1.54) is 12.3 Å². The summed E-state index contributed by atoms with van der Waals surface area (Å²) in [6.07, 6.45) is 2.94. The van der Waals surface area contributed by atoms with E-state index in [0.29, 0.717) is 4.47 Å². The Hall–Kier alpha value is -1.43. The van der Waals surface area contributed by atoms with Gasteiger partial charge in [0.15, 0.2) is 5.82 Å². The topological polar surface area (TPSA) is 65.1 Å². The number of carbonyl (C=O) groups excluding carboxylic acids is 1. The summed E-state index contributed by atoms with van der Waals surface area (Å²) in [6, 6.07) is 0.113. The van der Waals surface area contributed by atoms with Gasteiger partial charge < -0.3 is 5.73 Å². The summed E-state index contributed by atoms with van der Waals surface area (Å²) in [5, 5.41) is 0. The second-order valence-electron chi connectivity index (χ2n) is 3.16. The molecule has 0 aliphatic carbocycles. The lowest BCUT2D eigenvalue weighted by atomic mass is 10.2. The number of hydrogen-bond acceptors (Lipinski definition) is 2. The smallest absolute Gasteiger partial charge is 0.287 e. The van der Waals surface area contributed by atoms with Gasteiger partial charge >= 0.3 is 0 Å². The maximum absolute atomic E-state index is 13.2. The van der Waals surface area contributed by atoms with Crippen LogP contribution >= 0.6 is 15.9 Å². The fourth-order valence-electron chi connectivity index (χ4n) is 1.29. The molecular formula is C10H10BrFN2O2. The van der Waals surface area contributed by atoms with Crippen molar-refractivity contribution in [2.45, 2.75) is 12.5 Å². The predicted molar refractivity (Wildman–Crippen MR) is 61.4 cm³/mol. The van der Waals surface area contributed by atoms with Crippen LogP contribution in [-0.2, 0) is 4.79 Å². The first-order valence-electron chi connectivity index (χ1n) is 4.44. The number of allylic oxidation sites excluding steroid dienone is 1. The van der Waals surface area contributed by atoms with E-state index in [1.54, 1.807) is 0 Å². The summed E-state index contributed by atoms with van der Waals surface area (Å²) in [5.41, 5.74) is 4.26. The third kappa shape index (κ3) is 2.57. The molecule has 0 aromatic carbocycles. The number of nitrogens with zero attached hydrogens (tertiary/aromatic N) is 1. The number of primary amides is 1. The van der Waals surface area contributed by atoms with E-state index in [2.05, 4.69) is 22.5 Å². The van der Waals surface area contributed by atoms with E-state index in [0.717, 1.165) is 10.6 Å². The molecule has 0 bridgehead atoms. The van der Waals surface area contributed by atoms with Crippen LogP contribution in [0.2, 0.25) is 0 Å². The van der Waals surface area contributed by atoms with E-state index in [-0.39, 0.29) is 6.42 Å². The van der Waals surface area contributed by atoms with Gasteiger partial charge in [-0.25, -0.2) is 4.39 Å². The molecule has 0 fully saturated rings. The minimum absolute atomic E-state index is 0.172. The first-order chi connectivity index (χ1) is 7.47. The van der Waals surface area contributed by atoms with E-state index >= 15 is 0 Å². The number of hydrogen-bond donors (Lipinski definition) is 1. The monoisotopic (exact) mass is 288 g/mol. The summed E-state index contributed by atoms with van der Waals surface area (Å²) < 4.78 is 14.5. The average Bonchev–Trinajstić information content (AvgIpc) is 2.20. The third-order valence-electron chi connectivity index (χ3n) is 2.02. The highest BCUT2D eigenvalue weighted by Crippen LogP contribution is 2.14. The molecule has 1 aromatic rings. The molecular weight excluding hydrogens is 279 g/mol. The van der Waals surface area contributed by atoms with Crippen molar-refractivity contribution < 1.29 is 9.18 Å². The van der Waals surface area contributed by atoms with Gasteiger partial charge in [-0.1, -0.05) is 6.08 Å². The number of rotatable bonds is 4. The molecule has 16 heavy (non-hydrogen) atoms. The maximum atomic E-state index is 13.2. The van der Waals surface area contributed by atoms with Gasteiger partial charge in [0.25, 0.3) is 5.56 Å². The molecule has 1 atom stereocenters. The largest absolute Gasteiger partial charge is 0.368 e. The number of halogens is 2. The fourth-order valence-corrected chi connectivity index (χ4v) is 1.71. The van der Waals surface area contributed by atoms with Gasteiger partial charge in [0.1, 0.15) is 6.04 Å². The normalized spacial score (nSPS) is 12.1. The number of nitrogens with two attached hydrogens (primary N) is 1. The Morgan fingerprint density at radius 3 is 2.88 bits per heavy atom. The first-order valence-corrected chi connectivity index (χ1v) is 5.24. The zero-order chi connectivity index (χ0) is 12.3. The second kappa shape index (κ2) is 5.07. The van der Waals surface area contributed by atoms with Crippen LogP contribution in [0, 0.1) is 5.82 Å². The first kappa shape index (κ1) is 12.6. The van der Waals surface area contributed by atoms with E-state index < -0.39 is 23.3 Å². The molecule has 0 aliphatic heterocycles. The van der Waals surface area contributed by atoms with Crippen LogP contribution in [0.25, 0.3) is 0 Å². The molecule has 4 nitrogen and oxygen atoms in total. The van der Waals surface area contributed by atoms with Gasteiger partial charge in [-0.2, -0.15) is 0 Å². The summed E-state index contributed by atoms with van der Waals surface area (Å²) >= 11 is 3.04. The molecule has 0 spiro atoms. The molecule has 0 radical (unpaired) electrons. The highest BCUT2D eigenvalue weighted by atomic mass is 79.9. The van der Waals surface area contributed by atoms with Crippen molar-refractivity contribution in [1.82, 2.24) is 4.57 Å². The Balaban J connectivity index is 3.34. The van der Waals surface area contributed by atoms with E-state index in [9.17, 15) is 14.0 Å². The minimum Gasteiger partial charge on any atom is -0.368 e. The molecule has 1 rings (SSSR count). The molecule has 0 unspecified atom stereocenters. The van der Waals surface area contributed by atoms with Gasteiger partial charge in [0, 0.05) is 10.7 Å². The van der Waals surface area contributed by atoms with Crippen LogP contribution in [0.1, 0.15) is 12.5 Å². The van der Waals surface area contributed by atoms with Crippen LogP contribution in [0.5, 0.6) is 0 Å². The van der Waals surface area contributed by atoms with Crippen LogP contribution in [0.15, 0.2) is 34.2 Å². The summed E-state index contributed by atoms with van der Waals surface area (Å²) in [4.78, 5) is 22.6. The van der Waals surface area contributed by atoms with E-state index in [1.807, 2.05) is 0 Å². The van der Waals surface area contributed by atoms with Crippen LogP contribution in [-0.4, -0.2) is 10.5 Å². The molecule has 1 heterocycles. The number of carbonyl (C=O) groups is 1. The lowest BCUT2D eigenvalue weighted by molar-refractivity contribution is -0.121. The fraction of sp³-hybridized carbons (Fsp3) is 0.200. The second-order valence-corrected chi connectivity index (χ2v) is 4.08. The highest BCUT2D eigenvalue weighted by molar-refractivity contribution is 9.10. The molecule has 0 saturated heterocycles. The molecule has 86 valence electrons. The van der Waals surface area contributed by atoms with Crippen molar-refractivity contribution in [3.8, 4) is 0 Å². The molecule has 0 aliphatic rings. The van der Waals surface area contributed by atoms with Gasteiger partial charge in [-0.3, -0.25) is 14.2 Å². The number of amides is 1. The van der Waals surface area contributed by atoms with Crippen LogP contribution < -0.4 is 11.3 Å². The van der Waals surface area contributed by atoms with Crippen molar-refractivity contribution in [3.05, 3.63) is 45.6 Å². The summed E-state index contributed by atoms with van der Waals surface area (Å²) in [5.74, 6) is -1.65. The molecule has 1 amide bonds. The predicted octanol–water partition coefficient (Wildman–Crippen LogP) is 1.35. The lowest BCUT2D eigenvalue weighted by Gasteiger charge is -2.15. The number of pyridine rings is 1. The van der Waals surface area contributed by atoms with Crippen molar-refractivity contribution in [2.24, 2.45) is 5.73 Å². The van der Waals surface area contributed by atoms with Crippen LogP contribution in [0.3, 0.4) is 0 Å². The van der Waals surface area contributed by atoms with Crippen molar-refractivity contribution in [1.29, 1.82) is 0 Å². The average molecular weight is 289 g/mol. The summed E-state index contributed by atoms with van der Waals surface area (Å²) in [6.45, 7) is 3.45. The Morgan fingerprint density at radius 1 is 1.75 bits per heavy atom. The molecule has 1 aromatic heterocycles. The highest BCUT2D eigenvalue weighted by Gasteiger charge is 2.19. The van der Waals surface area contributed by atoms with E-state index in [4.69, 9.17) is 5.73 Å². The minimum atomic E-state index is -0.940. The lowest BCUT2D eigenvalue weighted by Crippen LogP contribution is -2.34. The Bertz CT molecular complexity index is 484. The molecule has 6 heteroatoms. The van der Waals surface area contributed by atoms with Gasteiger partial charge in [0.05, 0.1) is 0 Å². The van der Waals surface area contributed by atoms with Crippen molar-refractivity contribution in [2.75, 3.05) is 0 Å². The maximum Gasteiger partial charge on any atom is 0.287 e. The van der Waals surface area contributed by atoms with Crippen molar-refractivity contribution >= 4 is 21.8 Å². The van der Waals surface area contributed by atoms with Gasteiger partial charge in [-0.05, 0) is 28.4 Å². The number of aromatic nitrogens is 1. The Morgan fingerprint density at radius 2 is 2.38 bits per heavy atom. The molecule has 0 saturated carbocycles. The molecule has 2 N–H and O–H groups in total. The Kier molecular flexibility index (Phi) is 4.00. The zero-order valence-corrected chi connectivity index (χ0v) is 9.91. The zero-order valence-electron chi connectivity index (χ0n) is 8.32. The van der Waals surface area contributed by atoms with Crippen molar-refractivity contribution in [3.63, 3.8) is 0 Å².